The van der Waals surface area contributed by atoms with Crippen LogP contribution in [0.4, 0.5) is 0 Å². The van der Waals surface area contributed by atoms with Gasteiger partial charge >= 0.3 is 8.80 Å². The van der Waals surface area contributed by atoms with Crippen molar-refractivity contribution in [2.24, 2.45) is 5.92 Å². The first-order valence-corrected chi connectivity index (χ1v) is 8.42. The molecule has 0 aliphatic rings. The predicted molar refractivity (Wildman–Crippen MR) is 74.0 cm³/mol. The van der Waals surface area contributed by atoms with Crippen molar-refractivity contribution in [1.29, 1.82) is 0 Å². The first kappa shape index (κ1) is 16.8. The van der Waals surface area contributed by atoms with E-state index in [1.54, 1.807) is 0 Å². The Labute approximate surface area is 108 Å². The van der Waals surface area contributed by atoms with Gasteiger partial charge in [0.1, 0.15) is 0 Å². The molecule has 3 nitrogen and oxygen atoms in total. The average Bonchev–Trinajstić information content (AvgIpc) is 2.26. The van der Waals surface area contributed by atoms with Gasteiger partial charge in [-0.25, -0.2) is 0 Å². The maximum absolute atomic E-state index is 5.85. The third-order valence-corrected chi connectivity index (χ3v) is 5.76. The van der Waals surface area contributed by atoms with Crippen molar-refractivity contribution in [3.63, 3.8) is 0 Å². The van der Waals surface area contributed by atoms with Gasteiger partial charge in [-0.2, -0.15) is 0 Å². The van der Waals surface area contributed by atoms with Crippen LogP contribution in [0.15, 0.2) is 12.2 Å². The fourth-order valence-electron chi connectivity index (χ4n) is 1.63. The van der Waals surface area contributed by atoms with Crippen molar-refractivity contribution in [2.45, 2.75) is 47.1 Å². The van der Waals surface area contributed by atoms with Crippen LogP contribution in [0.1, 0.15) is 41.5 Å². The molecule has 0 aliphatic carbocycles. The fourth-order valence-corrected chi connectivity index (χ4v) is 4.22. The minimum Gasteiger partial charge on any atom is -0.373 e. The van der Waals surface area contributed by atoms with Crippen LogP contribution in [0.25, 0.3) is 0 Å². The summed E-state index contributed by atoms with van der Waals surface area (Å²) >= 11 is 0. The first-order valence-electron chi connectivity index (χ1n) is 6.62. The summed E-state index contributed by atoms with van der Waals surface area (Å²) in [5, 5.41) is 0. The summed E-state index contributed by atoms with van der Waals surface area (Å²) in [5.74, 6) is 0.536. The molecule has 0 aliphatic heterocycles. The Morgan fingerprint density at radius 3 is 1.53 bits per heavy atom. The lowest BCUT2D eigenvalue weighted by Crippen LogP contribution is -2.49. The molecular weight excluding hydrogens is 232 g/mol. The third-order valence-electron chi connectivity index (χ3n) is 2.38. The Kier molecular flexibility index (Phi) is 8.77. The summed E-state index contributed by atoms with van der Waals surface area (Å²) in [6.07, 6.45) is 4.35. The topological polar surface area (TPSA) is 27.7 Å². The molecule has 1 atom stereocenters. The van der Waals surface area contributed by atoms with Crippen molar-refractivity contribution >= 4 is 8.80 Å². The van der Waals surface area contributed by atoms with Gasteiger partial charge in [0, 0.05) is 25.4 Å². The van der Waals surface area contributed by atoms with Crippen LogP contribution in [0.2, 0.25) is 5.54 Å². The highest BCUT2D eigenvalue weighted by Crippen LogP contribution is 2.27. The first-order chi connectivity index (χ1) is 8.02. The fraction of sp³-hybridized carbons (Fsp3) is 0.846. The molecule has 0 bridgehead atoms. The van der Waals surface area contributed by atoms with Crippen LogP contribution in [-0.2, 0) is 13.3 Å². The van der Waals surface area contributed by atoms with Gasteiger partial charge < -0.3 is 13.3 Å². The molecule has 0 spiro atoms. The normalized spacial score (nSPS) is 14.8. The largest absolute Gasteiger partial charge is 0.507 e. The predicted octanol–water partition coefficient (Wildman–Crippen LogP) is 3.64. The van der Waals surface area contributed by atoms with Gasteiger partial charge in [0.15, 0.2) is 0 Å². The molecule has 0 amide bonds. The number of hydrogen-bond acceptors (Lipinski definition) is 3. The zero-order valence-corrected chi connectivity index (χ0v) is 13.2. The van der Waals surface area contributed by atoms with E-state index in [1.807, 2.05) is 20.8 Å². The molecule has 102 valence electrons. The van der Waals surface area contributed by atoms with Crippen molar-refractivity contribution in [1.82, 2.24) is 0 Å². The molecule has 4 heteroatoms. The van der Waals surface area contributed by atoms with E-state index in [0.717, 1.165) is 0 Å². The van der Waals surface area contributed by atoms with Crippen LogP contribution in [0.3, 0.4) is 0 Å². The Morgan fingerprint density at radius 1 is 0.824 bits per heavy atom. The minimum atomic E-state index is -2.55. The van der Waals surface area contributed by atoms with Crippen LogP contribution >= 0.6 is 0 Å². The van der Waals surface area contributed by atoms with Crippen molar-refractivity contribution in [3.8, 4) is 0 Å². The SMILES string of the molecule is CCO[Si](OCC)(OCC)C(C)/C=C/C(C)C. The maximum atomic E-state index is 5.85. The highest BCUT2D eigenvalue weighted by Gasteiger charge is 2.45. The van der Waals surface area contributed by atoms with Gasteiger partial charge in [0.05, 0.1) is 0 Å². The highest BCUT2D eigenvalue weighted by molar-refractivity contribution is 6.62. The Morgan fingerprint density at radius 2 is 1.24 bits per heavy atom. The van der Waals surface area contributed by atoms with E-state index in [1.165, 1.54) is 0 Å². The van der Waals surface area contributed by atoms with Crippen LogP contribution in [-0.4, -0.2) is 28.6 Å². The van der Waals surface area contributed by atoms with Gasteiger partial charge in [-0.3, -0.25) is 0 Å². The van der Waals surface area contributed by atoms with E-state index >= 15 is 0 Å². The Hall–Kier alpha value is -0.163. The second kappa shape index (κ2) is 8.86. The molecule has 0 aromatic carbocycles. The zero-order valence-electron chi connectivity index (χ0n) is 12.2. The monoisotopic (exact) mass is 260 g/mol. The summed E-state index contributed by atoms with van der Waals surface area (Å²) in [6.45, 7) is 14.3. The lowest BCUT2D eigenvalue weighted by atomic mass is 10.2. The minimum absolute atomic E-state index is 0.199. The highest BCUT2D eigenvalue weighted by atomic mass is 28.4. The van der Waals surface area contributed by atoms with Crippen molar-refractivity contribution < 1.29 is 13.3 Å². The average molecular weight is 260 g/mol. The molecule has 0 rings (SSSR count). The van der Waals surface area contributed by atoms with E-state index in [-0.39, 0.29) is 5.54 Å². The van der Waals surface area contributed by atoms with Gasteiger partial charge in [-0.15, -0.1) is 0 Å². The van der Waals surface area contributed by atoms with Gasteiger partial charge in [0.2, 0.25) is 0 Å². The second-order valence-electron chi connectivity index (χ2n) is 4.32. The molecule has 17 heavy (non-hydrogen) atoms. The lowest BCUT2D eigenvalue weighted by Gasteiger charge is -2.32. The molecule has 0 heterocycles. The van der Waals surface area contributed by atoms with Crippen LogP contribution in [0, 0.1) is 5.92 Å². The zero-order chi connectivity index (χ0) is 13.3. The van der Waals surface area contributed by atoms with Gasteiger partial charge in [0.25, 0.3) is 0 Å². The van der Waals surface area contributed by atoms with E-state index in [4.69, 9.17) is 13.3 Å². The summed E-state index contributed by atoms with van der Waals surface area (Å²) in [6, 6.07) is 0. The Bertz CT molecular complexity index is 200. The van der Waals surface area contributed by atoms with Crippen molar-refractivity contribution in [2.75, 3.05) is 19.8 Å². The summed E-state index contributed by atoms with van der Waals surface area (Å²) < 4.78 is 17.5. The third kappa shape index (κ3) is 5.81. The van der Waals surface area contributed by atoms with Crippen LogP contribution in [0.5, 0.6) is 0 Å². The van der Waals surface area contributed by atoms with E-state index in [2.05, 4.69) is 32.9 Å². The molecule has 0 N–H and O–H groups in total. The number of allylic oxidation sites excluding steroid dienone is 2. The summed E-state index contributed by atoms with van der Waals surface area (Å²) in [4.78, 5) is 0. The number of hydrogen-bond donors (Lipinski definition) is 0. The lowest BCUT2D eigenvalue weighted by molar-refractivity contribution is 0.0666. The molecule has 0 aromatic rings. The summed E-state index contributed by atoms with van der Waals surface area (Å²) in [7, 11) is -2.55. The van der Waals surface area contributed by atoms with Gasteiger partial charge in [-0.1, -0.05) is 32.9 Å². The second-order valence-corrected chi connectivity index (χ2v) is 7.30. The number of rotatable bonds is 9. The Balaban J connectivity index is 4.83. The molecule has 1 unspecified atom stereocenters. The summed E-state index contributed by atoms with van der Waals surface area (Å²) in [5.41, 5.74) is 0.199. The van der Waals surface area contributed by atoms with E-state index < -0.39 is 8.80 Å². The van der Waals surface area contributed by atoms with E-state index in [9.17, 15) is 0 Å². The maximum Gasteiger partial charge on any atom is 0.507 e. The molecular formula is C13H28O3Si. The van der Waals surface area contributed by atoms with Crippen molar-refractivity contribution in [3.05, 3.63) is 12.2 Å². The molecule has 0 saturated carbocycles. The molecule has 0 aromatic heterocycles. The molecule has 0 saturated heterocycles. The molecule has 0 fully saturated rings. The van der Waals surface area contributed by atoms with Crippen LogP contribution < -0.4 is 0 Å². The standard InChI is InChI=1S/C13H28O3Si/c1-7-14-17(15-8-2,16-9-3)13(6)11-10-12(4)5/h10-13H,7-9H2,1-6H3/b11-10+. The smallest absolute Gasteiger partial charge is 0.373 e. The van der Waals surface area contributed by atoms with Gasteiger partial charge in [-0.05, 0) is 26.7 Å². The quantitative estimate of drug-likeness (QED) is 0.468. The molecule has 0 radical (unpaired) electrons. The van der Waals surface area contributed by atoms with E-state index in [0.29, 0.717) is 25.7 Å².